The van der Waals surface area contributed by atoms with Crippen molar-refractivity contribution in [1.82, 2.24) is 4.90 Å². The molecule has 0 aliphatic carbocycles. The van der Waals surface area contributed by atoms with E-state index in [1.807, 2.05) is 38.1 Å². The van der Waals surface area contributed by atoms with Gasteiger partial charge in [0.25, 0.3) is 5.91 Å². The van der Waals surface area contributed by atoms with E-state index in [0.717, 1.165) is 23.3 Å². The van der Waals surface area contributed by atoms with E-state index in [9.17, 15) is 13.6 Å². The molecule has 0 fully saturated rings. The largest absolute Gasteiger partial charge is 0.335 e. The van der Waals surface area contributed by atoms with Gasteiger partial charge in [0, 0.05) is 13.1 Å². The Kier molecular flexibility index (Phi) is 4.36. The van der Waals surface area contributed by atoms with E-state index in [-0.39, 0.29) is 11.6 Å². The number of benzene rings is 2. The van der Waals surface area contributed by atoms with Gasteiger partial charge in [0.2, 0.25) is 0 Å². The minimum atomic E-state index is -0.844. The lowest BCUT2D eigenvalue weighted by Gasteiger charge is -2.25. The number of amides is 1. The van der Waals surface area contributed by atoms with E-state index in [2.05, 4.69) is 0 Å². The smallest absolute Gasteiger partial charge is 0.257 e. The minimum absolute atomic E-state index is 0.127. The van der Waals surface area contributed by atoms with Gasteiger partial charge < -0.3 is 4.90 Å². The van der Waals surface area contributed by atoms with Crippen LogP contribution in [0.4, 0.5) is 8.78 Å². The van der Waals surface area contributed by atoms with Crippen LogP contribution in [0.15, 0.2) is 42.5 Å². The van der Waals surface area contributed by atoms with Crippen LogP contribution < -0.4 is 0 Å². The van der Waals surface area contributed by atoms with Crippen LogP contribution in [0.5, 0.6) is 0 Å². The van der Waals surface area contributed by atoms with E-state index in [0.29, 0.717) is 0 Å². The fourth-order valence-electron chi connectivity index (χ4n) is 2.10. The Morgan fingerprint density at radius 1 is 1.10 bits per heavy atom. The van der Waals surface area contributed by atoms with Crippen molar-refractivity contribution in [3.05, 3.63) is 70.8 Å². The molecule has 2 nitrogen and oxygen atoms in total. The first-order valence-electron chi connectivity index (χ1n) is 6.69. The van der Waals surface area contributed by atoms with Crippen molar-refractivity contribution in [2.24, 2.45) is 0 Å². The van der Waals surface area contributed by atoms with Crippen molar-refractivity contribution < 1.29 is 13.6 Å². The molecule has 1 unspecified atom stereocenters. The zero-order valence-electron chi connectivity index (χ0n) is 12.2. The normalized spacial score (nSPS) is 12.0. The van der Waals surface area contributed by atoms with Crippen LogP contribution in [0, 0.1) is 18.6 Å². The van der Waals surface area contributed by atoms with Crippen molar-refractivity contribution in [2.75, 3.05) is 7.05 Å². The Labute approximate surface area is 123 Å². The zero-order chi connectivity index (χ0) is 15.6. The molecule has 0 heterocycles. The molecular formula is C17H17F2NO. The van der Waals surface area contributed by atoms with Gasteiger partial charge in [-0.1, -0.05) is 29.8 Å². The van der Waals surface area contributed by atoms with Crippen LogP contribution in [-0.4, -0.2) is 17.9 Å². The molecule has 0 radical (unpaired) electrons. The van der Waals surface area contributed by atoms with E-state index >= 15 is 0 Å². The highest BCUT2D eigenvalue weighted by Gasteiger charge is 2.21. The highest BCUT2D eigenvalue weighted by atomic mass is 19.1. The monoisotopic (exact) mass is 289 g/mol. The first-order valence-corrected chi connectivity index (χ1v) is 6.69. The van der Waals surface area contributed by atoms with Crippen LogP contribution in [0.3, 0.4) is 0 Å². The third-order valence-electron chi connectivity index (χ3n) is 3.62. The average Bonchev–Trinajstić information content (AvgIpc) is 2.46. The molecular weight excluding hydrogens is 272 g/mol. The summed E-state index contributed by atoms with van der Waals surface area (Å²) in [4.78, 5) is 13.8. The molecule has 21 heavy (non-hydrogen) atoms. The number of carbonyl (C=O) groups is 1. The summed E-state index contributed by atoms with van der Waals surface area (Å²) in [5.74, 6) is -2.01. The lowest BCUT2D eigenvalue weighted by molar-refractivity contribution is 0.0738. The highest BCUT2D eigenvalue weighted by Crippen LogP contribution is 2.22. The van der Waals surface area contributed by atoms with Crippen LogP contribution in [0.2, 0.25) is 0 Å². The maximum atomic E-state index is 13.7. The van der Waals surface area contributed by atoms with Gasteiger partial charge in [0.15, 0.2) is 0 Å². The molecule has 2 aromatic carbocycles. The standard InChI is InChI=1S/C17H17F2NO/c1-11-4-6-13(7-5-11)12(2)20(3)17(21)15-9-8-14(18)10-16(15)19/h4-10,12H,1-3H3. The molecule has 0 N–H and O–H groups in total. The number of carbonyl (C=O) groups excluding carboxylic acids is 1. The van der Waals surface area contributed by atoms with E-state index < -0.39 is 17.5 Å². The molecule has 0 bridgehead atoms. The SMILES string of the molecule is Cc1ccc(C(C)N(C)C(=O)c2ccc(F)cc2F)cc1. The van der Waals surface area contributed by atoms with Crippen molar-refractivity contribution in [3.8, 4) is 0 Å². The van der Waals surface area contributed by atoms with Gasteiger partial charge in [-0.2, -0.15) is 0 Å². The van der Waals surface area contributed by atoms with Gasteiger partial charge in [-0.3, -0.25) is 4.79 Å². The Morgan fingerprint density at radius 3 is 2.29 bits per heavy atom. The molecule has 1 atom stereocenters. The van der Waals surface area contributed by atoms with Gasteiger partial charge in [-0.05, 0) is 31.5 Å². The number of aryl methyl sites for hydroxylation is 1. The summed E-state index contributed by atoms with van der Waals surface area (Å²) in [6.07, 6.45) is 0. The molecule has 2 rings (SSSR count). The second-order valence-electron chi connectivity index (χ2n) is 5.13. The summed E-state index contributed by atoms with van der Waals surface area (Å²) in [7, 11) is 1.61. The zero-order valence-corrected chi connectivity index (χ0v) is 12.2. The highest BCUT2D eigenvalue weighted by molar-refractivity contribution is 5.94. The Morgan fingerprint density at radius 2 is 1.71 bits per heavy atom. The number of rotatable bonds is 3. The first-order chi connectivity index (χ1) is 9.90. The summed E-state index contributed by atoms with van der Waals surface area (Å²) in [6, 6.07) is 10.6. The maximum Gasteiger partial charge on any atom is 0.257 e. The third kappa shape index (κ3) is 3.27. The molecule has 0 saturated heterocycles. The Balaban J connectivity index is 2.24. The number of hydrogen-bond acceptors (Lipinski definition) is 1. The molecule has 0 aliphatic heterocycles. The van der Waals surface area contributed by atoms with Crippen LogP contribution >= 0.6 is 0 Å². The first kappa shape index (κ1) is 15.2. The number of hydrogen-bond donors (Lipinski definition) is 0. The van der Waals surface area contributed by atoms with Crippen molar-refractivity contribution >= 4 is 5.91 Å². The van der Waals surface area contributed by atoms with Crippen molar-refractivity contribution in [1.29, 1.82) is 0 Å². The van der Waals surface area contributed by atoms with Crippen LogP contribution in [0.25, 0.3) is 0 Å². The number of halogens is 2. The van der Waals surface area contributed by atoms with E-state index in [1.54, 1.807) is 7.05 Å². The summed E-state index contributed by atoms with van der Waals surface area (Å²) < 4.78 is 26.6. The predicted octanol–water partition coefficient (Wildman–Crippen LogP) is 4.11. The van der Waals surface area contributed by atoms with Gasteiger partial charge >= 0.3 is 0 Å². The van der Waals surface area contributed by atoms with Crippen molar-refractivity contribution in [2.45, 2.75) is 19.9 Å². The molecule has 0 saturated carbocycles. The molecule has 0 aromatic heterocycles. The summed E-state index contributed by atoms with van der Waals surface area (Å²) in [5.41, 5.74) is 1.96. The molecule has 0 aliphatic rings. The topological polar surface area (TPSA) is 20.3 Å². The second-order valence-corrected chi connectivity index (χ2v) is 5.13. The molecule has 110 valence electrons. The fourth-order valence-corrected chi connectivity index (χ4v) is 2.10. The van der Waals surface area contributed by atoms with Gasteiger partial charge in [-0.25, -0.2) is 8.78 Å². The Hall–Kier alpha value is -2.23. The molecule has 2 aromatic rings. The predicted molar refractivity (Wildman–Crippen MR) is 78.0 cm³/mol. The Bertz CT molecular complexity index is 652. The van der Waals surface area contributed by atoms with Gasteiger partial charge in [0.1, 0.15) is 11.6 Å². The molecule has 4 heteroatoms. The lowest BCUT2D eigenvalue weighted by atomic mass is 10.0. The maximum absolute atomic E-state index is 13.7. The van der Waals surface area contributed by atoms with Crippen LogP contribution in [0.1, 0.15) is 34.5 Å². The van der Waals surface area contributed by atoms with Crippen LogP contribution in [-0.2, 0) is 0 Å². The summed E-state index contributed by atoms with van der Waals surface area (Å²) in [5, 5.41) is 0. The molecule has 0 spiro atoms. The lowest BCUT2D eigenvalue weighted by Crippen LogP contribution is -2.30. The third-order valence-corrected chi connectivity index (χ3v) is 3.62. The van der Waals surface area contributed by atoms with E-state index in [4.69, 9.17) is 0 Å². The van der Waals surface area contributed by atoms with Gasteiger partial charge in [0.05, 0.1) is 11.6 Å². The fraction of sp³-hybridized carbons (Fsp3) is 0.235. The summed E-state index contributed by atoms with van der Waals surface area (Å²) in [6.45, 7) is 3.85. The van der Waals surface area contributed by atoms with E-state index in [1.165, 1.54) is 11.0 Å². The number of nitrogens with zero attached hydrogens (tertiary/aromatic N) is 1. The van der Waals surface area contributed by atoms with Crippen molar-refractivity contribution in [3.63, 3.8) is 0 Å². The minimum Gasteiger partial charge on any atom is -0.335 e. The average molecular weight is 289 g/mol. The molecule has 1 amide bonds. The second kappa shape index (κ2) is 6.04. The quantitative estimate of drug-likeness (QED) is 0.833. The van der Waals surface area contributed by atoms with Gasteiger partial charge in [-0.15, -0.1) is 0 Å². The summed E-state index contributed by atoms with van der Waals surface area (Å²) >= 11 is 0.